The van der Waals surface area contributed by atoms with E-state index in [1.165, 1.54) is 0 Å². The van der Waals surface area contributed by atoms with Gasteiger partial charge in [-0.25, -0.2) is 0 Å². The molecule has 1 fully saturated rings. The maximum absolute atomic E-state index is 5.82. The molecule has 2 N–H and O–H groups in total. The van der Waals surface area contributed by atoms with E-state index in [4.69, 9.17) is 19.9 Å². The standard InChI is InChI=1S/C13H19NO3/c1-15-12-5-3-11(4-6-12)13(7-8-14)16-9-2-10-17-13/h3-6H,2,7-10,14H2,1H3. The highest BCUT2D eigenvalue weighted by Gasteiger charge is 2.35. The molecule has 2 rings (SSSR count). The fourth-order valence-corrected chi connectivity index (χ4v) is 2.06. The van der Waals surface area contributed by atoms with Crippen molar-refractivity contribution in [1.82, 2.24) is 0 Å². The van der Waals surface area contributed by atoms with Gasteiger partial charge in [0.05, 0.1) is 20.3 Å². The van der Waals surface area contributed by atoms with Crippen molar-refractivity contribution in [1.29, 1.82) is 0 Å². The molecule has 1 aliphatic heterocycles. The minimum atomic E-state index is -0.667. The summed E-state index contributed by atoms with van der Waals surface area (Å²) in [5.74, 6) is 0.159. The fourth-order valence-electron chi connectivity index (χ4n) is 2.06. The van der Waals surface area contributed by atoms with Crippen LogP contribution in [0.4, 0.5) is 0 Å². The van der Waals surface area contributed by atoms with Crippen molar-refractivity contribution in [3.8, 4) is 5.75 Å². The molecule has 0 bridgehead atoms. The van der Waals surface area contributed by atoms with E-state index in [1.807, 2.05) is 24.3 Å². The summed E-state index contributed by atoms with van der Waals surface area (Å²) in [6.07, 6.45) is 1.60. The highest BCUT2D eigenvalue weighted by atomic mass is 16.7. The SMILES string of the molecule is COc1ccc(C2(CCN)OCCCO2)cc1. The van der Waals surface area contributed by atoms with Crippen LogP contribution in [0, 0.1) is 0 Å². The van der Waals surface area contributed by atoms with Crippen molar-refractivity contribution in [2.45, 2.75) is 18.6 Å². The van der Waals surface area contributed by atoms with Crippen molar-refractivity contribution in [3.63, 3.8) is 0 Å². The predicted molar refractivity (Wildman–Crippen MR) is 64.9 cm³/mol. The zero-order valence-corrected chi connectivity index (χ0v) is 10.1. The maximum Gasteiger partial charge on any atom is 0.195 e. The molecule has 1 saturated heterocycles. The fraction of sp³-hybridized carbons (Fsp3) is 0.538. The zero-order valence-electron chi connectivity index (χ0n) is 10.1. The molecule has 1 heterocycles. The van der Waals surface area contributed by atoms with Crippen molar-refractivity contribution < 1.29 is 14.2 Å². The van der Waals surface area contributed by atoms with Gasteiger partial charge in [0.15, 0.2) is 5.79 Å². The molecule has 1 aromatic carbocycles. The molecule has 4 heteroatoms. The summed E-state index contributed by atoms with van der Waals surface area (Å²) in [6.45, 7) is 1.96. The van der Waals surface area contributed by atoms with Crippen LogP contribution in [-0.4, -0.2) is 26.9 Å². The second-order valence-electron chi connectivity index (χ2n) is 4.07. The van der Waals surface area contributed by atoms with Gasteiger partial charge in [-0.1, -0.05) is 0 Å². The van der Waals surface area contributed by atoms with Crippen LogP contribution >= 0.6 is 0 Å². The summed E-state index contributed by atoms with van der Waals surface area (Å²) in [7, 11) is 1.65. The summed E-state index contributed by atoms with van der Waals surface area (Å²) < 4.78 is 16.8. The Morgan fingerprint density at radius 2 is 1.88 bits per heavy atom. The van der Waals surface area contributed by atoms with Crippen molar-refractivity contribution in [2.24, 2.45) is 5.73 Å². The maximum atomic E-state index is 5.82. The second-order valence-corrected chi connectivity index (χ2v) is 4.07. The second kappa shape index (κ2) is 5.49. The third-order valence-corrected chi connectivity index (χ3v) is 2.96. The molecular weight excluding hydrogens is 218 g/mol. The third kappa shape index (κ3) is 2.60. The number of hydrogen-bond donors (Lipinski definition) is 1. The van der Waals surface area contributed by atoms with E-state index in [0.29, 0.717) is 26.2 Å². The van der Waals surface area contributed by atoms with Crippen LogP contribution in [0.1, 0.15) is 18.4 Å². The van der Waals surface area contributed by atoms with Gasteiger partial charge in [0.2, 0.25) is 0 Å². The van der Waals surface area contributed by atoms with Crippen molar-refractivity contribution in [3.05, 3.63) is 29.8 Å². The van der Waals surface area contributed by atoms with Gasteiger partial charge >= 0.3 is 0 Å². The lowest BCUT2D eigenvalue weighted by Crippen LogP contribution is -2.39. The third-order valence-electron chi connectivity index (χ3n) is 2.96. The Bertz CT molecular complexity index is 339. The number of nitrogens with two attached hydrogens (primary N) is 1. The molecule has 4 nitrogen and oxygen atoms in total. The van der Waals surface area contributed by atoms with Crippen LogP contribution < -0.4 is 10.5 Å². The van der Waals surface area contributed by atoms with Crippen LogP contribution in [-0.2, 0) is 15.3 Å². The van der Waals surface area contributed by atoms with E-state index in [1.54, 1.807) is 7.11 Å². The predicted octanol–water partition coefficient (Wildman–Crippen LogP) is 1.63. The van der Waals surface area contributed by atoms with Gasteiger partial charge in [0, 0.05) is 12.0 Å². The van der Waals surface area contributed by atoms with E-state index in [9.17, 15) is 0 Å². The zero-order chi connectivity index (χ0) is 12.1. The Morgan fingerprint density at radius 3 is 2.41 bits per heavy atom. The molecule has 0 spiro atoms. The first kappa shape index (κ1) is 12.4. The summed E-state index contributed by atoms with van der Waals surface area (Å²) in [6, 6.07) is 7.77. The molecule has 1 aromatic rings. The average molecular weight is 237 g/mol. The van der Waals surface area contributed by atoms with E-state index in [0.717, 1.165) is 17.7 Å². The molecule has 0 amide bonds. The van der Waals surface area contributed by atoms with Crippen LogP contribution in [0.2, 0.25) is 0 Å². The number of ether oxygens (including phenoxy) is 3. The topological polar surface area (TPSA) is 53.7 Å². The molecule has 0 radical (unpaired) electrons. The Kier molecular flexibility index (Phi) is 3.99. The lowest BCUT2D eigenvalue weighted by Gasteiger charge is -2.37. The summed E-state index contributed by atoms with van der Waals surface area (Å²) in [5, 5.41) is 0. The molecule has 0 atom stereocenters. The molecular formula is C13H19NO3. The lowest BCUT2D eigenvalue weighted by molar-refractivity contribution is -0.278. The van der Waals surface area contributed by atoms with Crippen LogP contribution in [0.5, 0.6) is 5.75 Å². The van der Waals surface area contributed by atoms with Gasteiger partial charge in [0.25, 0.3) is 0 Å². The molecule has 0 unspecified atom stereocenters. The molecule has 94 valence electrons. The van der Waals surface area contributed by atoms with E-state index in [-0.39, 0.29) is 0 Å². The molecule has 0 aromatic heterocycles. The minimum absolute atomic E-state index is 0.534. The highest BCUT2D eigenvalue weighted by molar-refractivity contribution is 5.30. The largest absolute Gasteiger partial charge is 0.497 e. The number of rotatable bonds is 4. The smallest absolute Gasteiger partial charge is 0.195 e. The van der Waals surface area contributed by atoms with E-state index < -0.39 is 5.79 Å². The van der Waals surface area contributed by atoms with E-state index >= 15 is 0 Å². The highest BCUT2D eigenvalue weighted by Crippen LogP contribution is 2.34. The first-order valence-electron chi connectivity index (χ1n) is 5.93. The molecule has 0 aliphatic carbocycles. The summed E-state index contributed by atoms with van der Waals surface area (Å²) in [5.41, 5.74) is 6.66. The lowest BCUT2D eigenvalue weighted by atomic mass is 10.0. The molecule has 0 saturated carbocycles. The monoisotopic (exact) mass is 237 g/mol. The number of hydrogen-bond acceptors (Lipinski definition) is 4. The minimum Gasteiger partial charge on any atom is -0.497 e. The Labute approximate surface area is 102 Å². The van der Waals surface area contributed by atoms with Gasteiger partial charge in [0.1, 0.15) is 5.75 Å². The number of benzene rings is 1. The van der Waals surface area contributed by atoms with Crippen molar-refractivity contribution >= 4 is 0 Å². The van der Waals surface area contributed by atoms with Crippen molar-refractivity contribution in [2.75, 3.05) is 26.9 Å². The van der Waals surface area contributed by atoms with Gasteiger partial charge in [-0.2, -0.15) is 0 Å². The Hall–Kier alpha value is -1.10. The van der Waals surface area contributed by atoms with Crippen LogP contribution in [0.15, 0.2) is 24.3 Å². The average Bonchev–Trinajstić information content (AvgIpc) is 2.40. The van der Waals surface area contributed by atoms with E-state index in [2.05, 4.69) is 0 Å². The summed E-state index contributed by atoms with van der Waals surface area (Å²) >= 11 is 0. The Morgan fingerprint density at radius 1 is 1.24 bits per heavy atom. The normalized spacial score (nSPS) is 18.9. The van der Waals surface area contributed by atoms with Crippen LogP contribution in [0.3, 0.4) is 0 Å². The Balaban J connectivity index is 2.24. The first-order chi connectivity index (χ1) is 8.30. The summed E-state index contributed by atoms with van der Waals surface area (Å²) in [4.78, 5) is 0. The molecule has 17 heavy (non-hydrogen) atoms. The first-order valence-corrected chi connectivity index (χ1v) is 5.93. The molecule has 1 aliphatic rings. The van der Waals surface area contributed by atoms with Gasteiger partial charge < -0.3 is 19.9 Å². The quantitative estimate of drug-likeness (QED) is 0.864. The van der Waals surface area contributed by atoms with Gasteiger partial charge in [-0.3, -0.25) is 0 Å². The number of methoxy groups -OCH3 is 1. The van der Waals surface area contributed by atoms with Crippen LogP contribution in [0.25, 0.3) is 0 Å². The van der Waals surface area contributed by atoms with Gasteiger partial charge in [-0.05, 0) is 37.2 Å². The van der Waals surface area contributed by atoms with Gasteiger partial charge in [-0.15, -0.1) is 0 Å².